The molecule has 2 amide bonds. The SMILES string of the molecule is COc1ccc(OC)c(NC(=O)Nc2ccccc2O)c1. The Hall–Kier alpha value is -2.89. The minimum absolute atomic E-state index is 0.00902. The molecule has 6 nitrogen and oxygen atoms in total. The van der Waals surface area contributed by atoms with Crippen LogP contribution in [0.2, 0.25) is 0 Å². The maximum absolute atomic E-state index is 12.0. The molecule has 0 aliphatic carbocycles. The maximum atomic E-state index is 12.0. The summed E-state index contributed by atoms with van der Waals surface area (Å²) >= 11 is 0. The molecule has 2 rings (SSSR count). The molecule has 0 heterocycles. The molecule has 0 saturated heterocycles. The first-order chi connectivity index (χ1) is 10.1. The van der Waals surface area contributed by atoms with Gasteiger partial charge in [-0.1, -0.05) is 12.1 Å². The van der Waals surface area contributed by atoms with E-state index in [0.717, 1.165) is 0 Å². The van der Waals surface area contributed by atoms with Crippen molar-refractivity contribution >= 4 is 17.4 Å². The van der Waals surface area contributed by atoms with Gasteiger partial charge in [-0.15, -0.1) is 0 Å². The zero-order chi connectivity index (χ0) is 15.2. The van der Waals surface area contributed by atoms with E-state index >= 15 is 0 Å². The normalized spacial score (nSPS) is 9.81. The number of amides is 2. The van der Waals surface area contributed by atoms with Crippen LogP contribution in [0.15, 0.2) is 42.5 Å². The fourth-order valence-electron chi connectivity index (χ4n) is 1.77. The molecule has 6 heteroatoms. The molecular weight excluding hydrogens is 272 g/mol. The third-order valence-electron chi connectivity index (χ3n) is 2.81. The van der Waals surface area contributed by atoms with Crippen molar-refractivity contribution in [2.75, 3.05) is 24.9 Å². The number of benzene rings is 2. The number of phenols is 1. The van der Waals surface area contributed by atoms with E-state index in [1.54, 1.807) is 36.4 Å². The Balaban J connectivity index is 2.14. The van der Waals surface area contributed by atoms with Gasteiger partial charge < -0.3 is 25.2 Å². The Bertz CT molecular complexity index is 643. The van der Waals surface area contributed by atoms with Crippen molar-refractivity contribution in [3.05, 3.63) is 42.5 Å². The molecule has 0 saturated carbocycles. The molecule has 0 unspecified atom stereocenters. The lowest BCUT2D eigenvalue weighted by atomic mass is 10.2. The van der Waals surface area contributed by atoms with Crippen LogP contribution in [0.3, 0.4) is 0 Å². The quantitative estimate of drug-likeness (QED) is 0.755. The zero-order valence-corrected chi connectivity index (χ0v) is 11.7. The summed E-state index contributed by atoms with van der Waals surface area (Å²) in [5, 5.41) is 14.8. The van der Waals surface area contributed by atoms with E-state index in [4.69, 9.17) is 9.47 Å². The van der Waals surface area contributed by atoms with Crippen LogP contribution in [0.4, 0.5) is 16.2 Å². The molecular formula is C15H16N2O4. The number of rotatable bonds is 4. The molecule has 0 fully saturated rings. The van der Waals surface area contributed by atoms with Crippen LogP contribution < -0.4 is 20.1 Å². The first kappa shape index (κ1) is 14.5. The average molecular weight is 288 g/mol. The molecule has 2 aromatic carbocycles. The standard InChI is InChI=1S/C15H16N2O4/c1-20-10-7-8-14(21-2)12(9-10)17-15(19)16-11-5-3-4-6-13(11)18/h3-9,18H,1-2H3,(H2,16,17,19). The van der Waals surface area contributed by atoms with Crippen molar-refractivity contribution in [1.82, 2.24) is 0 Å². The van der Waals surface area contributed by atoms with Gasteiger partial charge in [0.15, 0.2) is 0 Å². The summed E-state index contributed by atoms with van der Waals surface area (Å²) in [5.41, 5.74) is 0.779. The minimum atomic E-state index is -0.497. The van der Waals surface area contributed by atoms with Crippen LogP contribution >= 0.6 is 0 Å². The predicted octanol–water partition coefficient (Wildman–Crippen LogP) is 3.05. The smallest absolute Gasteiger partial charge is 0.323 e. The zero-order valence-electron chi connectivity index (χ0n) is 11.7. The number of hydrogen-bond donors (Lipinski definition) is 3. The number of methoxy groups -OCH3 is 2. The number of ether oxygens (including phenoxy) is 2. The molecule has 0 spiro atoms. The lowest BCUT2D eigenvalue weighted by molar-refractivity contribution is 0.262. The molecule has 2 aromatic rings. The molecule has 0 aromatic heterocycles. The summed E-state index contributed by atoms with van der Waals surface area (Å²) < 4.78 is 10.3. The van der Waals surface area contributed by atoms with Crippen molar-refractivity contribution < 1.29 is 19.4 Å². The number of nitrogens with one attached hydrogen (secondary N) is 2. The van der Waals surface area contributed by atoms with Crippen LogP contribution in [0, 0.1) is 0 Å². The largest absolute Gasteiger partial charge is 0.506 e. The minimum Gasteiger partial charge on any atom is -0.506 e. The van der Waals surface area contributed by atoms with E-state index in [1.807, 2.05) is 0 Å². The van der Waals surface area contributed by atoms with Crippen molar-refractivity contribution in [3.8, 4) is 17.2 Å². The second-order valence-electron chi connectivity index (χ2n) is 4.16. The number of phenolic OH excluding ortho intramolecular Hbond substituents is 1. The summed E-state index contributed by atoms with van der Waals surface area (Å²) in [6.45, 7) is 0. The summed E-state index contributed by atoms with van der Waals surface area (Å²) in [6.07, 6.45) is 0. The molecule has 0 aliphatic rings. The third-order valence-corrected chi connectivity index (χ3v) is 2.81. The van der Waals surface area contributed by atoms with Crippen molar-refractivity contribution in [2.24, 2.45) is 0 Å². The average Bonchev–Trinajstić information content (AvgIpc) is 2.49. The number of carbonyl (C=O) groups excluding carboxylic acids is 1. The fraction of sp³-hybridized carbons (Fsp3) is 0.133. The number of carbonyl (C=O) groups is 1. The second kappa shape index (κ2) is 6.51. The number of aromatic hydroxyl groups is 1. The number of para-hydroxylation sites is 2. The Morgan fingerprint density at radius 2 is 1.71 bits per heavy atom. The molecule has 110 valence electrons. The van der Waals surface area contributed by atoms with Gasteiger partial charge in [0.2, 0.25) is 0 Å². The van der Waals surface area contributed by atoms with Crippen LogP contribution in [-0.4, -0.2) is 25.4 Å². The summed E-state index contributed by atoms with van der Waals surface area (Å²) in [4.78, 5) is 12.0. The van der Waals surface area contributed by atoms with E-state index < -0.39 is 6.03 Å². The summed E-state index contributed by atoms with van der Waals surface area (Å²) in [5.74, 6) is 1.09. The highest BCUT2D eigenvalue weighted by Crippen LogP contribution is 2.29. The van der Waals surface area contributed by atoms with Gasteiger partial charge in [-0.3, -0.25) is 0 Å². The van der Waals surface area contributed by atoms with Crippen LogP contribution in [-0.2, 0) is 0 Å². The van der Waals surface area contributed by atoms with Crippen molar-refractivity contribution in [1.29, 1.82) is 0 Å². The van der Waals surface area contributed by atoms with E-state index in [-0.39, 0.29) is 5.75 Å². The van der Waals surface area contributed by atoms with Crippen LogP contribution in [0.1, 0.15) is 0 Å². The molecule has 0 aliphatic heterocycles. The monoisotopic (exact) mass is 288 g/mol. The van der Waals surface area contributed by atoms with Gasteiger partial charge in [-0.2, -0.15) is 0 Å². The highest BCUT2D eigenvalue weighted by molar-refractivity contribution is 6.01. The first-order valence-corrected chi connectivity index (χ1v) is 6.22. The van der Waals surface area contributed by atoms with Gasteiger partial charge in [0.25, 0.3) is 0 Å². The molecule has 0 radical (unpaired) electrons. The van der Waals surface area contributed by atoms with Crippen molar-refractivity contribution in [3.63, 3.8) is 0 Å². The second-order valence-corrected chi connectivity index (χ2v) is 4.16. The van der Waals surface area contributed by atoms with Gasteiger partial charge >= 0.3 is 6.03 Å². The van der Waals surface area contributed by atoms with E-state index in [0.29, 0.717) is 22.9 Å². The number of hydrogen-bond acceptors (Lipinski definition) is 4. The van der Waals surface area contributed by atoms with Crippen LogP contribution in [0.5, 0.6) is 17.2 Å². The Labute approximate surface area is 122 Å². The lowest BCUT2D eigenvalue weighted by Gasteiger charge is -2.13. The molecule has 3 N–H and O–H groups in total. The van der Waals surface area contributed by atoms with Gasteiger partial charge in [-0.05, 0) is 24.3 Å². The van der Waals surface area contributed by atoms with Gasteiger partial charge in [0.05, 0.1) is 25.6 Å². The number of anilines is 2. The topological polar surface area (TPSA) is 79.8 Å². The maximum Gasteiger partial charge on any atom is 0.323 e. The van der Waals surface area contributed by atoms with Crippen molar-refractivity contribution in [2.45, 2.75) is 0 Å². The number of urea groups is 1. The summed E-state index contributed by atoms with van der Waals surface area (Å²) in [7, 11) is 3.04. The highest BCUT2D eigenvalue weighted by Gasteiger charge is 2.10. The Kier molecular flexibility index (Phi) is 4.50. The van der Waals surface area contributed by atoms with Gasteiger partial charge in [0, 0.05) is 6.07 Å². The van der Waals surface area contributed by atoms with E-state index in [2.05, 4.69) is 10.6 Å². The van der Waals surface area contributed by atoms with E-state index in [9.17, 15) is 9.90 Å². The Morgan fingerprint density at radius 3 is 2.38 bits per heavy atom. The van der Waals surface area contributed by atoms with E-state index in [1.165, 1.54) is 20.3 Å². The molecule has 21 heavy (non-hydrogen) atoms. The highest BCUT2D eigenvalue weighted by atomic mass is 16.5. The van der Waals surface area contributed by atoms with Gasteiger partial charge in [-0.25, -0.2) is 4.79 Å². The first-order valence-electron chi connectivity index (χ1n) is 6.22. The summed E-state index contributed by atoms with van der Waals surface area (Å²) in [6, 6.07) is 11.0. The Morgan fingerprint density at radius 1 is 1.00 bits per heavy atom. The lowest BCUT2D eigenvalue weighted by Crippen LogP contribution is -2.19. The molecule has 0 atom stereocenters. The third kappa shape index (κ3) is 3.56. The fourth-order valence-corrected chi connectivity index (χ4v) is 1.77. The van der Waals surface area contributed by atoms with Gasteiger partial charge in [0.1, 0.15) is 17.2 Å². The predicted molar refractivity (Wildman–Crippen MR) is 80.3 cm³/mol. The van der Waals surface area contributed by atoms with Crippen LogP contribution in [0.25, 0.3) is 0 Å². The molecule has 0 bridgehead atoms.